The number of carbonyl (C=O) groups is 1. The van der Waals surface area contributed by atoms with Gasteiger partial charge in [0, 0.05) is 24.7 Å². The second-order valence-electron chi connectivity index (χ2n) is 5.45. The van der Waals surface area contributed by atoms with Gasteiger partial charge in [-0.2, -0.15) is 0 Å². The summed E-state index contributed by atoms with van der Waals surface area (Å²) in [6.07, 6.45) is 1.18. The van der Waals surface area contributed by atoms with Gasteiger partial charge < -0.3 is 16.0 Å². The van der Waals surface area contributed by atoms with Crippen molar-refractivity contribution in [2.24, 2.45) is 5.73 Å². The molecule has 0 aliphatic carbocycles. The lowest BCUT2D eigenvalue weighted by molar-refractivity contribution is -0.116. The van der Waals surface area contributed by atoms with Crippen LogP contribution in [0.4, 0.5) is 5.69 Å². The smallest absolute Gasteiger partial charge is 0.224 e. The Morgan fingerprint density at radius 2 is 1.95 bits per heavy atom. The predicted octanol–water partition coefficient (Wildman–Crippen LogP) is 2.97. The number of amides is 1. The second kappa shape index (κ2) is 10.9. The molecule has 0 saturated heterocycles. The summed E-state index contributed by atoms with van der Waals surface area (Å²) in [6.45, 7) is 4.78. The fourth-order valence-electron chi connectivity index (χ4n) is 1.84. The van der Waals surface area contributed by atoms with Crippen LogP contribution < -0.4 is 11.1 Å². The molecule has 0 radical (unpaired) electrons. The van der Waals surface area contributed by atoms with Crippen molar-refractivity contribution in [1.29, 1.82) is 0 Å². The van der Waals surface area contributed by atoms with E-state index in [4.69, 9.17) is 5.73 Å². The molecule has 1 amide bonds. The van der Waals surface area contributed by atoms with Crippen LogP contribution in [0.1, 0.15) is 30.9 Å². The number of nitrogens with one attached hydrogen (secondary N) is 1. The van der Waals surface area contributed by atoms with E-state index in [1.807, 2.05) is 40.1 Å². The first-order valence-corrected chi connectivity index (χ1v) is 6.68. The summed E-state index contributed by atoms with van der Waals surface area (Å²) in [5.74, 6) is 0.0300. The topological polar surface area (TPSA) is 58.4 Å². The molecule has 1 rings (SSSR count). The third-order valence-corrected chi connectivity index (χ3v) is 2.90. The number of carbonyl (C=O) groups excluding carboxylic acids is 1. The normalized spacial score (nSPS) is 11.3. The highest BCUT2D eigenvalue weighted by molar-refractivity contribution is 5.91. The molecule has 0 fully saturated rings. The number of hydrogen-bond acceptors (Lipinski definition) is 3. The molecule has 4 nitrogen and oxygen atoms in total. The van der Waals surface area contributed by atoms with Crippen LogP contribution in [0.3, 0.4) is 0 Å². The van der Waals surface area contributed by atoms with Gasteiger partial charge in [-0.3, -0.25) is 4.79 Å². The first kappa shape index (κ1) is 22.5. The maximum Gasteiger partial charge on any atom is 0.224 e. The zero-order chi connectivity index (χ0) is 14.4. The van der Waals surface area contributed by atoms with Crippen LogP contribution in [0.2, 0.25) is 0 Å². The summed E-state index contributed by atoms with van der Waals surface area (Å²) in [4.78, 5) is 13.9. The van der Waals surface area contributed by atoms with Gasteiger partial charge in [0.2, 0.25) is 5.91 Å². The zero-order valence-electron chi connectivity index (χ0n) is 13.2. The largest absolute Gasteiger partial charge is 0.328 e. The molecule has 0 aliphatic rings. The van der Waals surface area contributed by atoms with Gasteiger partial charge in [0.15, 0.2) is 0 Å². The van der Waals surface area contributed by atoms with Crippen molar-refractivity contribution in [3.8, 4) is 0 Å². The van der Waals surface area contributed by atoms with Gasteiger partial charge in [0.1, 0.15) is 0 Å². The Hall–Kier alpha value is -0.810. The van der Waals surface area contributed by atoms with Gasteiger partial charge in [-0.25, -0.2) is 0 Å². The van der Waals surface area contributed by atoms with Crippen molar-refractivity contribution in [3.05, 3.63) is 29.3 Å². The minimum absolute atomic E-state index is 0. The van der Waals surface area contributed by atoms with E-state index >= 15 is 0 Å². The number of aryl methyl sites for hydroxylation is 1. The molecule has 0 spiro atoms. The van der Waals surface area contributed by atoms with Crippen molar-refractivity contribution in [2.75, 3.05) is 19.4 Å². The predicted molar refractivity (Wildman–Crippen MR) is 94.6 cm³/mol. The quantitative estimate of drug-likeness (QED) is 0.840. The van der Waals surface area contributed by atoms with Gasteiger partial charge in [-0.05, 0) is 51.6 Å². The summed E-state index contributed by atoms with van der Waals surface area (Å²) < 4.78 is 0. The van der Waals surface area contributed by atoms with E-state index in [-0.39, 0.29) is 36.8 Å². The van der Waals surface area contributed by atoms with Crippen molar-refractivity contribution < 1.29 is 4.79 Å². The zero-order valence-corrected chi connectivity index (χ0v) is 14.8. The average molecular weight is 336 g/mol. The van der Waals surface area contributed by atoms with Crippen molar-refractivity contribution in [2.45, 2.75) is 39.3 Å². The van der Waals surface area contributed by atoms with Crippen molar-refractivity contribution in [1.82, 2.24) is 4.90 Å². The Balaban J connectivity index is 0. The van der Waals surface area contributed by atoms with E-state index in [1.165, 1.54) is 5.56 Å². The number of anilines is 1. The van der Waals surface area contributed by atoms with E-state index in [0.29, 0.717) is 12.8 Å². The lowest BCUT2D eigenvalue weighted by Crippen LogP contribution is -2.20. The number of halogens is 2. The van der Waals surface area contributed by atoms with Crippen LogP contribution in [0.5, 0.6) is 0 Å². The minimum atomic E-state index is 0. The molecule has 122 valence electrons. The number of benzene rings is 1. The monoisotopic (exact) mass is 335 g/mol. The van der Waals surface area contributed by atoms with E-state index in [2.05, 4.69) is 16.3 Å². The number of nitrogens with two attached hydrogens (primary N) is 1. The molecule has 0 bridgehead atoms. The van der Waals surface area contributed by atoms with E-state index in [1.54, 1.807) is 0 Å². The molecule has 3 N–H and O–H groups in total. The molecular weight excluding hydrogens is 309 g/mol. The molecule has 1 atom stereocenters. The van der Waals surface area contributed by atoms with Crippen molar-refractivity contribution >= 4 is 36.4 Å². The van der Waals surface area contributed by atoms with Crippen LogP contribution in [0.15, 0.2) is 18.2 Å². The van der Waals surface area contributed by atoms with Crippen LogP contribution in [0, 0.1) is 6.92 Å². The van der Waals surface area contributed by atoms with Gasteiger partial charge in [-0.1, -0.05) is 12.1 Å². The Labute approximate surface area is 140 Å². The molecule has 1 aromatic carbocycles. The fourth-order valence-corrected chi connectivity index (χ4v) is 1.84. The summed E-state index contributed by atoms with van der Waals surface area (Å²) in [5.41, 5.74) is 8.83. The van der Waals surface area contributed by atoms with Crippen LogP contribution in [-0.2, 0) is 11.3 Å². The maximum atomic E-state index is 11.8. The highest BCUT2D eigenvalue weighted by Gasteiger charge is 2.07. The summed E-state index contributed by atoms with van der Waals surface area (Å²) in [7, 11) is 4.06. The molecule has 6 heteroatoms. The second-order valence-corrected chi connectivity index (χ2v) is 5.45. The molecule has 0 saturated carbocycles. The van der Waals surface area contributed by atoms with Gasteiger partial charge in [0.25, 0.3) is 0 Å². The van der Waals surface area contributed by atoms with Gasteiger partial charge in [0.05, 0.1) is 0 Å². The minimum Gasteiger partial charge on any atom is -0.328 e. The van der Waals surface area contributed by atoms with Gasteiger partial charge in [-0.15, -0.1) is 24.8 Å². The number of rotatable bonds is 6. The highest BCUT2D eigenvalue weighted by Crippen LogP contribution is 2.18. The van der Waals surface area contributed by atoms with E-state index in [9.17, 15) is 4.79 Å². The molecule has 0 heterocycles. The molecule has 21 heavy (non-hydrogen) atoms. The molecule has 0 aliphatic heterocycles. The van der Waals surface area contributed by atoms with E-state index in [0.717, 1.165) is 17.8 Å². The average Bonchev–Trinajstić information content (AvgIpc) is 2.30. The summed E-state index contributed by atoms with van der Waals surface area (Å²) in [5, 5.41) is 2.97. The summed E-state index contributed by atoms with van der Waals surface area (Å²) in [6, 6.07) is 6.23. The van der Waals surface area contributed by atoms with Crippen molar-refractivity contribution in [3.63, 3.8) is 0 Å². The lowest BCUT2D eigenvalue weighted by atomic mass is 10.1. The first-order chi connectivity index (χ1) is 8.88. The molecular formula is C15H27Cl2N3O. The summed E-state index contributed by atoms with van der Waals surface area (Å²) >= 11 is 0. The Kier molecular flexibility index (Phi) is 11.6. The van der Waals surface area contributed by atoms with Crippen LogP contribution in [0.25, 0.3) is 0 Å². The lowest BCUT2D eigenvalue weighted by Gasteiger charge is -2.14. The molecule has 1 unspecified atom stereocenters. The number of nitrogens with zero attached hydrogens (tertiary/aromatic N) is 1. The molecule has 0 aromatic heterocycles. The fraction of sp³-hybridized carbons (Fsp3) is 0.533. The van der Waals surface area contributed by atoms with Crippen LogP contribution >= 0.6 is 24.8 Å². The van der Waals surface area contributed by atoms with Gasteiger partial charge >= 0.3 is 0 Å². The van der Waals surface area contributed by atoms with Crippen LogP contribution in [-0.4, -0.2) is 30.9 Å². The Morgan fingerprint density at radius 1 is 1.33 bits per heavy atom. The maximum absolute atomic E-state index is 11.8. The standard InChI is InChI=1S/C15H25N3O.2ClH/c1-11-5-7-13(10-18(3)4)9-14(11)17-15(19)8-6-12(2)16;;/h5,7,9,12H,6,8,10,16H2,1-4H3,(H,17,19);2*1H. The third kappa shape index (κ3) is 8.94. The molecule has 1 aromatic rings. The SMILES string of the molecule is Cc1ccc(CN(C)C)cc1NC(=O)CCC(C)N.Cl.Cl. The highest BCUT2D eigenvalue weighted by atomic mass is 35.5. The Morgan fingerprint density at radius 3 is 2.48 bits per heavy atom. The third-order valence-electron chi connectivity index (χ3n) is 2.90. The number of hydrogen-bond donors (Lipinski definition) is 2. The first-order valence-electron chi connectivity index (χ1n) is 6.68. The van der Waals surface area contributed by atoms with E-state index < -0.39 is 0 Å². The Bertz CT molecular complexity index is 437.